The fraction of sp³-hybridized carbons (Fsp3) is 0.278. The van der Waals surface area contributed by atoms with Crippen molar-refractivity contribution < 1.29 is 22.7 Å². The van der Waals surface area contributed by atoms with Gasteiger partial charge < -0.3 is 10.1 Å². The molecule has 0 spiro atoms. The summed E-state index contributed by atoms with van der Waals surface area (Å²) in [6.07, 6.45) is -0.940. The van der Waals surface area contributed by atoms with Crippen LogP contribution in [0.4, 0.5) is 19.0 Å². The lowest BCUT2D eigenvalue weighted by atomic mass is 10.3. The van der Waals surface area contributed by atoms with Crippen molar-refractivity contribution in [3.63, 3.8) is 0 Å². The smallest absolute Gasteiger partial charge is 0.408 e. The van der Waals surface area contributed by atoms with Gasteiger partial charge in [0.25, 0.3) is 5.91 Å². The summed E-state index contributed by atoms with van der Waals surface area (Å²) in [5, 5.41) is 10.4. The number of nitrogens with zero attached hydrogens (tertiary/aromatic N) is 4. The van der Waals surface area contributed by atoms with Crippen LogP contribution in [-0.4, -0.2) is 38.3 Å². The van der Waals surface area contributed by atoms with E-state index >= 15 is 0 Å². The number of rotatable bonds is 7. The van der Waals surface area contributed by atoms with E-state index in [9.17, 15) is 18.0 Å². The third-order valence-electron chi connectivity index (χ3n) is 3.60. The molecule has 0 saturated carbocycles. The molecule has 1 N–H and O–H groups in total. The summed E-state index contributed by atoms with van der Waals surface area (Å²) in [5.41, 5.74) is 0.750. The average Bonchev–Trinajstić information content (AvgIpc) is 3.26. The van der Waals surface area contributed by atoms with Gasteiger partial charge in [0.2, 0.25) is 0 Å². The number of halogens is 3. The molecule has 0 unspecified atom stereocenters. The van der Waals surface area contributed by atoms with E-state index in [1.54, 1.807) is 6.20 Å². The number of para-hydroxylation sites is 1. The van der Waals surface area contributed by atoms with Gasteiger partial charge in [-0.05, 0) is 18.6 Å². The highest BCUT2D eigenvalue weighted by Crippen LogP contribution is 2.22. The molecule has 1 aromatic carbocycles. The van der Waals surface area contributed by atoms with Crippen LogP contribution in [0.15, 0.2) is 48.8 Å². The molecule has 0 atom stereocenters. The Morgan fingerprint density at radius 1 is 1.18 bits per heavy atom. The first-order chi connectivity index (χ1) is 13.4. The maximum Gasteiger partial charge on any atom is 0.408 e. The Morgan fingerprint density at radius 2 is 1.93 bits per heavy atom. The molecule has 0 fully saturated rings. The third-order valence-corrected chi connectivity index (χ3v) is 3.60. The van der Waals surface area contributed by atoms with Gasteiger partial charge in [-0.3, -0.25) is 9.48 Å². The second kappa shape index (κ2) is 8.15. The second-order valence-corrected chi connectivity index (χ2v) is 5.94. The van der Waals surface area contributed by atoms with E-state index in [0.717, 1.165) is 18.3 Å². The molecule has 28 heavy (non-hydrogen) atoms. The van der Waals surface area contributed by atoms with Crippen molar-refractivity contribution >= 4 is 11.7 Å². The lowest BCUT2D eigenvalue weighted by Gasteiger charge is -2.06. The SMILES string of the molecule is CCCOc1cn(-c2ccccc2)nc1C(=O)Nc1ccn(CC(F)(F)F)n1. The lowest BCUT2D eigenvalue weighted by molar-refractivity contribution is -0.142. The van der Waals surface area contributed by atoms with Crippen molar-refractivity contribution in [2.75, 3.05) is 11.9 Å². The number of aromatic nitrogens is 4. The molecule has 2 aromatic heterocycles. The van der Waals surface area contributed by atoms with Gasteiger partial charge in [-0.15, -0.1) is 0 Å². The monoisotopic (exact) mass is 393 g/mol. The van der Waals surface area contributed by atoms with Crippen molar-refractivity contribution in [1.82, 2.24) is 19.6 Å². The molecule has 0 aliphatic rings. The first kappa shape index (κ1) is 19.5. The number of hydrogen-bond acceptors (Lipinski definition) is 4. The molecule has 0 aliphatic carbocycles. The molecular weight excluding hydrogens is 375 g/mol. The minimum atomic E-state index is -4.40. The molecule has 1 amide bonds. The fourth-order valence-corrected chi connectivity index (χ4v) is 2.42. The van der Waals surface area contributed by atoms with Gasteiger partial charge in [0.05, 0.1) is 18.5 Å². The molecule has 0 aliphatic heterocycles. The maximum absolute atomic E-state index is 12.6. The molecule has 7 nitrogen and oxygen atoms in total. The molecule has 0 bridgehead atoms. The highest BCUT2D eigenvalue weighted by Gasteiger charge is 2.28. The zero-order valence-corrected chi connectivity index (χ0v) is 15.0. The van der Waals surface area contributed by atoms with Crippen LogP contribution in [0.3, 0.4) is 0 Å². The Kier molecular flexibility index (Phi) is 5.67. The number of alkyl halides is 3. The molecule has 0 radical (unpaired) electrons. The van der Waals surface area contributed by atoms with Crippen molar-refractivity contribution in [3.05, 3.63) is 54.5 Å². The Hall–Kier alpha value is -3.30. The predicted octanol–water partition coefficient (Wildman–Crippen LogP) is 3.67. The summed E-state index contributed by atoms with van der Waals surface area (Å²) in [4.78, 5) is 12.6. The summed E-state index contributed by atoms with van der Waals surface area (Å²) in [6.45, 7) is 1.08. The molecular formula is C18H18F3N5O2. The number of benzene rings is 1. The van der Waals surface area contributed by atoms with Crippen LogP contribution in [0.25, 0.3) is 5.69 Å². The Balaban J connectivity index is 1.81. The van der Waals surface area contributed by atoms with E-state index in [4.69, 9.17) is 4.74 Å². The zero-order valence-electron chi connectivity index (χ0n) is 15.0. The van der Waals surface area contributed by atoms with Crippen LogP contribution in [0, 0.1) is 0 Å². The normalized spacial score (nSPS) is 11.4. The van der Waals surface area contributed by atoms with Gasteiger partial charge >= 0.3 is 6.18 Å². The minimum absolute atomic E-state index is 0.00930. The standard InChI is InChI=1S/C18H18F3N5O2/c1-2-10-28-14-11-26(13-6-4-3-5-7-13)24-16(14)17(27)22-15-8-9-25(23-15)12-18(19,20)21/h3-9,11H,2,10,12H2,1H3,(H,22,23,27). The van der Waals surface area contributed by atoms with E-state index in [1.165, 1.54) is 10.7 Å². The number of carbonyl (C=O) groups is 1. The van der Waals surface area contributed by atoms with Crippen molar-refractivity contribution in [2.24, 2.45) is 0 Å². The summed E-state index contributed by atoms with van der Waals surface area (Å²) < 4.78 is 45.1. The van der Waals surface area contributed by atoms with Crippen LogP contribution in [0.5, 0.6) is 5.75 Å². The highest BCUT2D eigenvalue weighted by atomic mass is 19.4. The first-order valence-electron chi connectivity index (χ1n) is 8.55. The van der Waals surface area contributed by atoms with Crippen LogP contribution >= 0.6 is 0 Å². The third kappa shape index (κ3) is 4.90. The Labute approximate surface area is 158 Å². The van der Waals surface area contributed by atoms with Crippen LogP contribution in [0.2, 0.25) is 0 Å². The average molecular weight is 393 g/mol. The van der Waals surface area contributed by atoms with E-state index < -0.39 is 18.6 Å². The molecule has 3 aromatic rings. The van der Waals surface area contributed by atoms with Crippen LogP contribution in [-0.2, 0) is 6.54 Å². The number of amides is 1. The fourth-order valence-electron chi connectivity index (χ4n) is 2.42. The second-order valence-electron chi connectivity index (χ2n) is 5.94. The minimum Gasteiger partial charge on any atom is -0.489 e. The van der Waals surface area contributed by atoms with Gasteiger partial charge in [-0.1, -0.05) is 25.1 Å². The first-order valence-corrected chi connectivity index (χ1v) is 8.55. The predicted molar refractivity (Wildman–Crippen MR) is 95.6 cm³/mol. The molecule has 3 rings (SSSR count). The summed E-state index contributed by atoms with van der Waals surface area (Å²) in [7, 11) is 0. The molecule has 148 valence electrons. The largest absolute Gasteiger partial charge is 0.489 e. The van der Waals surface area contributed by atoms with Gasteiger partial charge in [0, 0.05) is 12.3 Å². The molecule has 2 heterocycles. The van der Waals surface area contributed by atoms with Crippen molar-refractivity contribution in [1.29, 1.82) is 0 Å². The molecule has 10 heteroatoms. The molecule has 0 saturated heterocycles. The number of hydrogen-bond donors (Lipinski definition) is 1. The number of nitrogens with one attached hydrogen (secondary N) is 1. The van der Waals surface area contributed by atoms with E-state index in [-0.39, 0.29) is 17.3 Å². The van der Waals surface area contributed by atoms with E-state index in [2.05, 4.69) is 15.5 Å². The van der Waals surface area contributed by atoms with E-state index in [1.807, 2.05) is 37.3 Å². The summed E-state index contributed by atoms with van der Waals surface area (Å²) in [6, 6.07) is 10.4. The Morgan fingerprint density at radius 3 is 2.61 bits per heavy atom. The summed E-state index contributed by atoms with van der Waals surface area (Å²) in [5.74, 6) is -0.360. The van der Waals surface area contributed by atoms with E-state index in [0.29, 0.717) is 11.3 Å². The highest BCUT2D eigenvalue weighted by molar-refractivity contribution is 6.04. The van der Waals surface area contributed by atoms with Crippen molar-refractivity contribution in [3.8, 4) is 11.4 Å². The van der Waals surface area contributed by atoms with Gasteiger partial charge in [0.15, 0.2) is 17.3 Å². The topological polar surface area (TPSA) is 74.0 Å². The number of carbonyl (C=O) groups excluding carboxylic acids is 1. The maximum atomic E-state index is 12.6. The summed E-state index contributed by atoms with van der Waals surface area (Å²) >= 11 is 0. The lowest BCUT2D eigenvalue weighted by Crippen LogP contribution is -2.19. The van der Waals surface area contributed by atoms with Gasteiger partial charge in [-0.25, -0.2) is 4.68 Å². The van der Waals surface area contributed by atoms with Crippen LogP contribution in [0.1, 0.15) is 23.8 Å². The Bertz CT molecular complexity index is 934. The van der Waals surface area contributed by atoms with Crippen molar-refractivity contribution in [2.45, 2.75) is 26.1 Å². The number of ether oxygens (including phenoxy) is 1. The van der Waals surface area contributed by atoms with Crippen LogP contribution < -0.4 is 10.1 Å². The number of anilines is 1. The van der Waals surface area contributed by atoms with Gasteiger partial charge in [0.1, 0.15) is 6.54 Å². The quantitative estimate of drug-likeness (QED) is 0.665. The van der Waals surface area contributed by atoms with Gasteiger partial charge in [-0.2, -0.15) is 23.4 Å². The zero-order chi connectivity index (χ0) is 20.1.